The van der Waals surface area contributed by atoms with E-state index in [2.05, 4.69) is 17.0 Å². The smallest absolute Gasteiger partial charge is 0.0761 e. The summed E-state index contributed by atoms with van der Waals surface area (Å²) in [5, 5.41) is 9.41. The number of anilines is 1. The van der Waals surface area contributed by atoms with Gasteiger partial charge in [-0.1, -0.05) is 12.1 Å². The van der Waals surface area contributed by atoms with Gasteiger partial charge in [-0.2, -0.15) is 0 Å². The van der Waals surface area contributed by atoms with Gasteiger partial charge in [-0.25, -0.2) is 0 Å². The molecule has 0 aliphatic carbocycles. The SMILES string of the molecule is C[C@H](O)c1ccc(N2CCCCC2)cc1. The van der Waals surface area contributed by atoms with Crippen LogP contribution in [0, 0.1) is 0 Å². The minimum atomic E-state index is -0.361. The number of aliphatic hydroxyl groups excluding tert-OH is 1. The predicted molar refractivity (Wildman–Crippen MR) is 63.1 cm³/mol. The zero-order chi connectivity index (χ0) is 10.7. The van der Waals surface area contributed by atoms with Gasteiger partial charge in [0.1, 0.15) is 0 Å². The van der Waals surface area contributed by atoms with Crippen molar-refractivity contribution in [2.24, 2.45) is 0 Å². The molecule has 0 saturated carbocycles. The second-order valence-electron chi connectivity index (χ2n) is 4.32. The summed E-state index contributed by atoms with van der Waals surface area (Å²) in [6.07, 6.45) is 3.61. The van der Waals surface area contributed by atoms with Crippen molar-refractivity contribution in [2.75, 3.05) is 18.0 Å². The van der Waals surface area contributed by atoms with Crippen molar-refractivity contribution in [1.82, 2.24) is 0 Å². The van der Waals surface area contributed by atoms with Crippen LogP contribution in [0.4, 0.5) is 5.69 Å². The number of rotatable bonds is 2. The van der Waals surface area contributed by atoms with Gasteiger partial charge in [0.25, 0.3) is 0 Å². The summed E-state index contributed by atoms with van der Waals surface area (Å²) >= 11 is 0. The first-order valence-corrected chi connectivity index (χ1v) is 5.80. The normalized spacial score (nSPS) is 18.9. The zero-order valence-corrected chi connectivity index (χ0v) is 9.32. The first-order valence-electron chi connectivity index (χ1n) is 5.80. The van der Waals surface area contributed by atoms with Crippen molar-refractivity contribution in [3.8, 4) is 0 Å². The van der Waals surface area contributed by atoms with E-state index < -0.39 is 0 Å². The molecule has 0 spiro atoms. The van der Waals surface area contributed by atoms with Crippen LogP contribution in [-0.4, -0.2) is 18.2 Å². The van der Waals surface area contributed by atoms with Crippen molar-refractivity contribution in [2.45, 2.75) is 32.3 Å². The third-order valence-electron chi connectivity index (χ3n) is 3.10. The fourth-order valence-corrected chi connectivity index (χ4v) is 2.12. The van der Waals surface area contributed by atoms with Gasteiger partial charge in [-0.05, 0) is 43.9 Å². The van der Waals surface area contributed by atoms with Crippen LogP contribution in [0.25, 0.3) is 0 Å². The number of hydrogen-bond acceptors (Lipinski definition) is 2. The molecule has 82 valence electrons. The number of hydrogen-bond donors (Lipinski definition) is 1. The highest BCUT2D eigenvalue weighted by atomic mass is 16.3. The summed E-state index contributed by atoms with van der Waals surface area (Å²) in [7, 11) is 0. The molecule has 0 unspecified atom stereocenters. The molecule has 1 saturated heterocycles. The quantitative estimate of drug-likeness (QED) is 0.802. The highest BCUT2D eigenvalue weighted by Gasteiger charge is 2.10. The Labute approximate surface area is 91.5 Å². The average Bonchev–Trinajstić information content (AvgIpc) is 2.30. The lowest BCUT2D eigenvalue weighted by atomic mass is 10.1. The minimum absolute atomic E-state index is 0.361. The Bertz CT molecular complexity index is 299. The number of piperidine rings is 1. The van der Waals surface area contributed by atoms with E-state index in [1.807, 2.05) is 12.1 Å². The van der Waals surface area contributed by atoms with Crippen LogP contribution < -0.4 is 4.90 Å². The highest BCUT2D eigenvalue weighted by Crippen LogP contribution is 2.22. The Morgan fingerprint density at radius 1 is 1.07 bits per heavy atom. The molecule has 0 aromatic heterocycles. The molecule has 15 heavy (non-hydrogen) atoms. The molecule has 1 heterocycles. The summed E-state index contributed by atoms with van der Waals surface area (Å²) in [5.74, 6) is 0. The Kier molecular flexibility index (Phi) is 3.27. The van der Waals surface area contributed by atoms with Gasteiger partial charge < -0.3 is 10.0 Å². The third-order valence-corrected chi connectivity index (χ3v) is 3.10. The van der Waals surface area contributed by atoms with E-state index in [1.54, 1.807) is 6.92 Å². The van der Waals surface area contributed by atoms with Gasteiger partial charge in [0.05, 0.1) is 6.10 Å². The highest BCUT2D eigenvalue weighted by molar-refractivity contribution is 5.48. The number of aliphatic hydroxyl groups is 1. The first kappa shape index (κ1) is 10.5. The molecule has 1 aromatic rings. The maximum absolute atomic E-state index is 9.41. The standard InChI is InChI=1S/C13H19NO/c1-11(15)12-5-7-13(8-6-12)14-9-3-2-4-10-14/h5-8,11,15H,2-4,9-10H2,1H3/t11-/m0/s1. The summed E-state index contributed by atoms with van der Waals surface area (Å²) in [5.41, 5.74) is 2.29. The second kappa shape index (κ2) is 4.67. The van der Waals surface area contributed by atoms with E-state index in [9.17, 15) is 5.11 Å². The van der Waals surface area contributed by atoms with Crippen molar-refractivity contribution in [3.63, 3.8) is 0 Å². The number of nitrogens with zero attached hydrogens (tertiary/aromatic N) is 1. The largest absolute Gasteiger partial charge is 0.389 e. The van der Waals surface area contributed by atoms with Gasteiger partial charge >= 0.3 is 0 Å². The van der Waals surface area contributed by atoms with E-state index in [1.165, 1.54) is 38.0 Å². The van der Waals surface area contributed by atoms with Crippen LogP contribution in [0.5, 0.6) is 0 Å². The van der Waals surface area contributed by atoms with Gasteiger partial charge in [0.15, 0.2) is 0 Å². The second-order valence-corrected chi connectivity index (χ2v) is 4.32. The molecule has 1 atom stereocenters. The van der Waals surface area contributed by atoms with Crippen molar-refractivity contribution in [3.05, 3.63) is 29.8 Å². The van der Waals surface area contributed by atoms with Crippen molar-refractivity contribution in [1.29, 1.82) is 0 Å². The molecule has 2 heteroatoms. The molecule has 1 N–H and O–H groups in total. The van der Waals surface area contributed by atoms with E-state index in [-0.39, 0.29) is 6.10 Å². The van der Waals surface area contributed by atoms with Crippen LogP contribution >= 0.6 is 0 Å². The van der Waals surface area contributed by atoms with Gasteiger partial charge in [-0.3, -0.25) is 0 Å². The lowest BCUT2D eigenvalue weighted by Crippen LogP contribution is -2.29. The maximum Gasteiger partial charge on any atom is 0.0761 e. The Morgan fingerprint density at radius 3 is 2.20 bits per heavy atom. The molecule has 2 rings (SSSR count). The topological polar surface area (TPSA) is 23.5 Å². The molecule has 0 radical (unpaired) electrons. The lowest BCUT2D eigenvalue weighted by Gasteiger charge is -2.29. The van der Waals surface area contributed by atoms with Crippen molar-refractivity contribution < 1.29 is 5.11 Å². The third kappa shape index (κ3) is 2.51. The average molecular weight is 205 g/mol. The van der Waals surface area contributed by atoms with E-state index in [4.69, 9.17) is 0 Å². The van der Waals surface area contributed by atoms with E-state index in [0.717, 1.165) is 5.56 Å². The van der Waals surface area contributed by atoms with Crippen LogP contribution in [0.2, 0.25) is 0 Å². The van der Waals surface area contributed by atoms with Crippen LogP contribution in [0.3, 0.4) is 0 Å². The van der Waals surface area contributed by atoms with Crippen LogP contribution in [0.1, 0.15) is 37.9 Å². The molecule has 2 nitrogen and oxygen atoms in total. The van der Waals surface area contributed by atoms with Crippen LogP contribution in [-0.2, 0) is 0 Å². The van der Waals surface area contributed by atoms with Gasteiger partial charge in [0.2, 0.25) is 0 Å². The van der Waals surface area contributed by atoms with E-state index >= 15 is 0 Å². The first-order chi connectivity index (χ1) is 7.27. The predicted octanol–water partition coefficient (Wildman–Crippen LogP) is 2.73. The Balaban J connectivity index is 2.08. The zero-order valence-electron chi connectivity index (χ0n) is 9.32. The lowest BCUT2D eigenvalue weighted by molar-refractivity contribution is 0.199. The molecule has 1 aromatic carbocycles. The van der Waals surface area contributed by atoms with Crippen LogP contribution in [0.15, 0.2) is 24.3 Å². The van der Waals surface area contributed by atoms with Gasteiger partial charge in [-0.15, -0.1) is 0 Å². The summed E-state index contributed by atoms with van der Waals surface area (Å²) in [4.78, 5) is 2.43. The summed E-state index contributed by atoms with van der Waals surface area (Å²) in [6.45, 7) is 4.15. The van der Waals surface area contributed by atoms with E-state index in [0.29, 0.717) is 0 Å². The molecule has 1 aliphatic heterocycles. The molecule has 1 aliphatic rings. The van der Waals surface area contributed by atoms with Crippen molar-refractivity contribution >= 4 is 5.69 Å². The minimum Gasteiger partial charge on any atom is -0.389 e. The molecular formula is C13H19NO. The molecule has 1 fully saturated rings. The molecule has 0 amide bonds. The molecular weight excluding hydrogens is 186 g/mol. The fraction of sp³-hybridized carbons (Fsp3) is 0.538. The fourth-order valence-electron chi connectivity index (χ4n) is 2.12. The monoisotopic (exact) mass is 205 g/mol. The summed E-state index contributed by atoms with van der Waals surface area (Å²) in [6, 6.07) is 8.28. The maximum atomic E-state index is 9.41. The Hall–Kier alpha value is -1.02. The van der Waals surface area contributed by atoms with Gasteiger partial charge in [0, 0.05) is 18.8 Å². The summed E-state index contributed by atoms with van der Waals surface area (Å²) < 4.78 is 0. The number of benzene rings is 1. The molecule has 0 bridgehead atoms. The Morgan fingerprint density at radius 2 is 1.67 bits per heavy atom.